The SMILES string of the molecule is CC1(C)CCCC1NC(=O)C1CCC2CCCCC2N1. The van der Waals surface area contributed by atoms with Crippen LogP contribution >= 0.6 is 0 Å². The molecule has 3 heteroatoms. The highest BCUT2D eigenvalue weighted by Gasteiger charge is 2.39. The van der Waals surface area contributed by atoms with Crippen LogP contribution in [-0.4, -0.2) is 24.0 Å². The monoisotopic (exact) mass is 278 g/mol. The van der Waals surface area contributed by atoms with Gasteiger partial charge in [-0.3, -0.25) is 4.79 Å². The predicted octanol–water partition coefficient (Wildman–Crippen LogP) is 2.99. The zero-order chi connectivity index (χ0) is 14.2. The lowest BCUT2D eigenvalue weighted by Crippen LogP contribution is -2.57. The summed E-state index contributed by atoms with van der Waals surface area (Å²) < 4.78 is 0. The van der Waals surface area contributed by atoms with Crippen LogP contribution in [0.25, 0.3) is 0 Å². The molecule has 0 bridgehead atoms. The third-order valence-electron chi connectivity index (χ3n) is 6.04. The summed E-state index contributed by atoms with van der Waals surface area (Å²) in [5, 5.41) is 6.98. The third-order valence-corrected chi connectivity index (χ3v) is 6.04. The first-order chi connectivity index (χ1) is 9.56. The maximum absolute atomic E-state index is 12.5. The van der Waals surface area contributed by atoms with Crippen LogP contribution in [0.4, 0.5) is 0 Å². The fourth-order valence-corrected chi connectivity index (χ4v) is 4.57. The van der Waals surface area contributed by atoms with Gasteiger partial charge in [-0.05, 0) is 49.9 Å². The van der Waals surface area contributed by atoms with Crippen molar-refractivity contribution in [1.29, 1.82) is 0 Å². The maximum Gasteiger partial charge on any atom is 0.237 e. The van der Waals surface area contributed by atoms with E-state index in [1.807, 2.05) is 0 Å². The number of hydrogen-bond donors (Lipinski definition) is 2. The molecule has 4 unspecified atom stereocenters. The normalized spacial score (nSPS) is 40.1. The standard InChI is InChI=1S/C17H30N2O/c1-17(2)11-5-8-15(17)19-16(20)14-10-9-12-6-3-4-7-13(12)18-14/h12-15,18H,3-11H2,1-2H3,(H,19,20). The van der Waals surface area contributed by atoms with Gasteiger partial charge < -0.3 is 10.6 Å². The van der Waals surface area contributed by atoms with Gasteiger partial charge in [0.1, 0.15) is 0 Å². The maximum atomic E-state index is 12.5. The number of amides is 1. The molecule has 3 rings (SSSR count). The molecule has 0 radical (unpaired) electrons. The van der Waals surface area contributed by atoms with Crippen molar-refractivity contribution in [2.75, 3.05) is 0 Å². The Morgan fingerprint density at radius 2 is 1.85 bits per heavy atom. The number of hydrogen-bond acceptors (Lipinski definition) is 2. The van der Waals surface area contributed by atoms with Gasteiger partial charge in [-0.15, -0.1) is 0 Å². The van der Waals surface area contributed by atoms with Crippen molar-refractivity contribution < 1.29 is 4.79 Å². The van der Waals surface area contributed by atoms with Gasteiger partial charge in [0.15, 0.2) is 0 Å². The van der Waals surface area contributed by atoms with Crippen LogP contribution in [0, 0.1) is 11.3 Å². The third kappa shape index (κ3) is 2.88. The summed E-state index contributed by atoms with van der Waals surface area (Å²) in [6, 6.07) is 1.04. The summed E-state index contributed by atoms with van der Waals surface area (Å²) in [5.41, 5.74) is 0.275. The Bertz CT molecular complexity index is 366. The molecule has 0 aromatic rings. The molecule has 3 nitrogen and oxygen atoms in total. The van der Waals surface area contributed by atoms with Crippen LogP contribution < -0.4 is 10.6 Å². The molecule has 2 saturated carbocycles. The lowest BCUT2D eigenvalue weighted by Gasteiger charge is -2.40. The molecule has 0 spiro atoms. The molecule has 3 aliphatic rings. The van der Waals surface area contributed by atoms with Crippen LogP contribution in [0.2, 0.25) is 0 Å². The lowest BCUT2D eigenvalue weighted by molar-refractivity contribution is -0.125. The Balaban J connectivity index is 1.55. The van der Waals surface area contributed by atoms with Crippen LogP contribution in [0.1, 0.15) is 71.6 Å². The molecule has 0 aromatic heterocycles. The van der Waals surface area contributed by atoms with E-state index in [0.717, 1.165) is 18.8 Å². The number of nitrogens with one attached hydrogen (secondary N) is 2. The van der Waals surface area contributed by atoms with Gasteiger partial charge in [-0.1, -0.05) is 33.1 Å². The topological polar surface area (TPSA) is 41.1 Å². The second-order valence-electron chi connectivity index (χ2n) is 7.89. The molecule has 1 heterocycles. The van der Waals surface area contributed by atoms with Crippen molar-refractivity contribution in [3.8, 4) is 0 Å². The van der Waals surface area contributed by atoms with Crippen molar-refractivity contribution >= 4 is 5.91 Å². The Labute approximate surface area is 123 Å². The Morgan fingerprint density at radius 1 is 1.05 bits per heavy atom. The van der Waals surface area contributed by atoms with Crippen molar-refractivity contribution in [3.05, 3.63) is 0 Å². The minimum atomic E-state index is 0.0609. The van der Waals surface area contributed by atoms with E-state index in [1.165, 1.54) is 44.9 Å². The predicted molar refractivity (Wildman–Crippen MR) is 81.5 cm³/mol. The van der Waals surface area contributed by atoms with Crippen LogP contribution in [0.5, 0.6) is 0 Å². The Hall–Kier alpha value is -0.570. The first-order valence-electron chi connectivity index (χ1n) is 8.63. The highest BCUT2D eigenvalue weighted by molar-refractivity contribution is 5.82. The van der Waals surface area contributed by atoms with Crippen molar-refractivity contribution in [3.63, 3.8) is 0 Å². The molecule has 1 aliphatic heterocycles. The van der Waals surface area contributed by atoms with E-state index in [-0.39, 0.29) is 17.4 Å². The van der Waals surface area contributed by atoms with Gasteiger partial charge in [0.05, 0.1) is 6.04 Å². The number of carbonyl (C=O) groups is 1. The smallest absolute Gasteiger partial charge is 0.237 e. The lowest BCUT2D eigenvalue weighted by atomic mass is 9.77. The second-order valence-corrected chi connectivity index (χ2v) is 7.89. The first-order valence-corrected chi connectivity index (χ1v) is 8.63. The summed E-state index contributed by atoms with van der Waals surface area (Å²) in [4.78, 5) is 12.5. The van der Waals surface area contributed by atoms with Gasteiger partial charge in [0.2, 0.25) is 5.91 Å². The second kappa shape index (κ2) is 5.67. The van der Waals surface area contributed by atoms with E-state index in [4.69, 9.17) is 0 Å². The number of fused-ring (bicyclic) bond motifs is 1. The number of carbonyl (C=O) groups excluding carboxylic acids is 1. The number of rotatable bonds is 2. The summed E-state index contributed by atoms with van der Waals surface area (Å²) in [6.07, 6.45) is 11.3. The summed E-state index contributed by atoms with van der Waals surface area (Å²) >= 11 is 0. The molecule has 2 aliphatic carbocycles. The van der Waals surface area contributed by atoms with Crippen LogP contribution in [0.3, 0.4) is 0 Å². The van der Waals surface area contributed by atoms with Crippen molar-refractivity contribution in [2.45, 2.75) is 89.8 Å². The molecule has 1 saturated heterocycles. The summed E-state index contributed by atoms with van der Waals surface area (Å²) in [6.45, 7) is 4.58. The molecule has 3 fully saturated rings. The minimum absolute atomic E-state index is 0.0609. The average Bonchev–Trinajstić information content (AvgIpc) is 2.77. The Kier molecular flexibility index (Phi) is 4.07. The summed E-state index contributed by atoms with van der Waals surface area (Å²) in [5.74, 6) is 1.09. The van der Waals surface area contributed by atoms with Gasteiger partial charge in [-0.25, -0.2) is 0 Å². The summed E-state index contributed by atoms with van der Waals surface area (Å²) in [7, 11) is 0. The van der Waals surface area contributed by atoms with Gasteiger partial charge >= 0.3 is 0 Å². The zero-order valence-corrected chi connectivity index (χ0v) is 13.1. The van der Waals surface area contributed by atoms with Gasteiger partial charge in [0.25, 0.3) is 0 Å². The Morgan fingerprint density at radius 3 is 2.60 bits per heavy atom. The fraction of sp³-hybridized carbons (Fsp3) is 0.941. The first kappa shape index (κ1) is 14.4. The molecule has 1 amide bonds. The largest absolute Gasteiger partial charge is 0.351 e. The quantitative estimate of drug-likeness (QED) is 0.815. The van der Waals surface area contributed by atoms with Crippen LogP contribution in [-0.2, 0) is 4.79 Å². The molecule has 20 heavy (non-hydrogen) atoms. The fourth-order valence-electron chi connectivity index (χ4n) is 4.57. The highest BCUT2D eigenvalue weighted by atomic mass is 16.2. The number of piperidine rings is 1. The molecule has 4 atom stereocenters. The van der Waals surface area contributed by atoms with Crippen molar-refractivity contribution in [1.82, 2.24) is 10.6 Å². The van der Waals surface area contributed by atoms with E-state index < -0.39 is 0 Å². The van der Waals surface area contributed by atoms with Crippen LogP contribution in [0.15, 0.2) is 0 Å². The molecule has 0 aromatic carbocycles. The van der Waals surface area contributed by atoms with E-state index >= 15 is 0 Å². The van der Waals surface area contributed by atoms with Gasteiger partial charge in [-0.2, -0.15) is 0 Å². The molecule has 2 N–H and O–H groups in total. The zero-order valence-electron chi connectivity index (χ0n) is 13.1. The van der Waals surface area contributed by atoms with E-state index in [9.17, 15) is 4.79 Å². The minimum Gasteiger partial charge on any atom is -0.351 e. The molecular weight excluding hydrogens is 248 g/mol. The van der Waals surface area contributed by atoms with E-state index in [2.05, 4.69) is 24.5 Å². The van der Waals surface area contributed by atoms with Gasteiger partial charge in [0, 0.05) is 12.1 Å². The van der Waals surface area contributed by atoms with E-state index in [1.54, 1.807) is 0 Å². The molecule has 114 valence electrons. The molecular formula is C17H30N2O. The van der Waals surface area contributed by atoms with E-state index in [0.29, 0.717) is 12.1 Å². The average molecular weight is 278 g/mol. The van der Waals surface area contributed by atoms with Crippen molar-refractivity contribution in [2.24, 2.45) is 11.3 Å². The highest BCUT2D eigenvalue weighted by Crippen LogP contribution is 2.37.